The number of hydrogen-bond donors (Lipinski definition) is 2. The monoisotopic (exact) mass is 439 g/mol. The zero-order valence-corrected chi connectivity index (χ0v) is 18.7. The molecule has 1 aliphatic carbocycles. The third kappa shape index (κ3) is 4.80. The number of aromatic nitrogens is 2. The molecule has 3 rings (SSSR count). The molecule has 0 fully saturated rings. The second-order valence-electron chi connectivity index (χ2n) is 7.59. The van der Waals surface area contributed by atoms with Crippen molar-refractivity contribution in [2.24, 2.45) is 10.4 Å². The van der Waals surface area contributed by atoms with Crippen LogP contribution in [0.15, 0.2) is 26.9 Å². The molecule has 1 aromatic rings. The van der Waals surface area contributed by atoms with Crippen LogP contribution in [-0.4, -0.2) is 29.3 Å². The Kier molecular flexibility index (Phi) is 7.52. The average molecular weight is 440 g/mol. The van der Waals surface area contributed by atoms with Crippen LogP contribution in [0.4, 0.5) is 11.5 Å². The highest BCUT2D eigenvalue weighted by Gasteiger charge is 2.35. The maximum atomic E-state index is 4.99. The fraction of sp³-hybridized carbons (Fsp3) is 0.632. The first-order valence-corrected chi connectivity index (χ1v) is 10.1. The molecular formula is C19H30BrN5S. The lowest BCUT2D eigenvalue weighted by Crippen LogP contribution is -2.29. The first-order valence-electron chi connectivity index (χ1n) is 9.28. The van der Waals surface area contributed by atoms with Crippen LogP contribution in [0.3, 0.4) is 0 Å². The van der Waals surface area contributed by atoms with Crippen LogP contribution in [0.1, 0.15) is 59.3 Å². The molecule has 7 heteroatoms. The molecule has 0 unspecified atom stereocenters. The van der Waals surface area contributed by atoms with E-state index in [1.165, 1.54) is 42.0 Å². The average Bonchev–Trinajstić information content (AvgIpc) is 2.58. The summed E-state index contributed by atoms with van der Waals surface area (Å²) in [6, 6.07) is 0. The van der Waals surface area contributed by atoms with E-state index in [0.29, 0.717) is 0 Å². The molecule has 0 atom stereocenters. The highest BCUT2D eigenvalue weighted by molar-refractivity contribution is 8.93. The van der Waals surface area contributed by atoms with Crippen molar-refractivity contribution in [3.05, 3.63) is 16.9 Å². The molecule has 2 aliphatic rings. The zero-order valence-electron chi connectivity index (χ0n) is 16.2. The second-order valence-corrected chi connectivity index (χ2v) is 8.59. The normalized spacial score (nSPS) is 19.3. The molecule has 1 aliphatic heterocycles. The summed E-state index contributed by atoms with van der Waals surface area (Å²) >= 11 is 1.74. The number of nitrogens with zero attached hydrogens (tertiary/aromatic N) is 3. The van der Waals surface area contributed by atoms with Gasteiger partial charge in [0.1, 0.15) is 17.0 Å². The van der Waals surface area contributed by atoms with Crippen LogP contribution in [0.25, 0.3) is 0 Å². The molecule has 2 N–H and O–H groups in total. The first-order chi connectivity index (χ1) is 12.0. The van der Waals surface area contributed by atoms with E-state index in [1.807, 2.05) is 7.05 Å². The molecule has 0 amide bonds. The molecule has 0 aromatic carbocycles. The molecule has 5 nitrogen and oxygen atoms in total. The first kappa shape index (κ1) is 21.2. The summed E-state index contributed by atoms with van der Waals surface area (Å²) in [5.74, 6) is 0.852. The fourth-order valence-corrected chi connectivity index (χ4v) is 4.47. The van der Waals surface area contributed by atoms with Gasteiger partial charge in [-0.25, -0.2) is 9.97 Å². The lowest BCUT2D eigenvalue weighted by Gasteiger charge is -2.37. The Hall–Kier alpha value is -1.08. The maximum absolute atomic E-state index is 4.99. The van der Waals surface area contributed by atoms with Crippen LogP contribution in [-0.2, 0) is 0 Å². The highest BCUT2D eigenvalue weighted by Crippen LogP contribution is 2.49. The smallest absolute Gasteiger partial charge is 0.154 e. The zero-order chi connectivity index (χ0) is 17.9. The number of rotatable bonds is 6. The van der Waals surface area contributed by atoms with Crippen LogP contribution in [0, 0.1) is 5.41 Å². The van der Waals surface area contributed by atoms with Gasteiger partial charge in [0, 0.05) is 19.3 Å². The summed E-state index contributed by atoms with van der Waals surface area (Å²) in [6.45, 7) is 7.83. The van der Waals surface area contributed by atoms with Crippen molar-refractivity contribution < 1.29 is 0 Å². The van der Waals surface area contributed by atoms with Crippen molar-refractivity contribution in [2.45, 2.75) is 64.3 Å². The Morgan fingerprint density at radius 3 is 2.77 bits per heavy atom. The summed E-state index contributed by atoms with van der Waals surface area (Å²) in [5, 5.41) is 7.74. The van der Waals surface area contributed by atoms with Gasteiger partial charge in [-0.1, -0.05) is 51.8 Å². The predicted molar refractivity (Wildman–Crippen MR) is 118 cm³/mol. The summed E-state index contributed by atoms with van der Waals surface area (Å²) in [4.78, 5) is 15.1. The van der Waals surface area contributed by atoms with Crippen LogP contribution < -0.4 is 10.6 Å². The van der Waals surface area contributed by atoms with E-state index in [-0.39, 0.29) is 22.4 Å². The molecule has 0 spiro atoms. The molecule has 2 heterocycles. The number of fused-ring (bicyclic) bond motifs is 1. The fourth-order valence-electron chi connectivity index (χ4n) is 3.43. The van der Waals surface area contributed by atoms with E-state index < -0.39 is 0 Å². The molecule has 0 bridgehead atoms. The summed E-state index contributed by atoms with van der Waals surface area (Å²) < 4.78 is 0. The minimum atomic E-state index is 0. The molecule has 0 radical (unpaired) electrons. The Bertz CT molecular complexity index is 699. The van der Waals surface area contributed by atoms with E-state index in [1.54, 1.807) is 18.1 Å². The minimum absolute atomic E-state index is 0. The van der Waals surface area contributed by atoms with Crippen molar-refractivity contribution in [1.82, 2.24) is 9.97 Å². The van der Waals surface area contributed by atoms with Crippen LogP contribution in [0.5, 0.6) is 0 Å². The number of nitrogens with one attached hydrogen (secondary N) is 2. The Balaban J connectivity index is 0.00000243. The number of halogens is 1. The summed E-state index contributed by atoms with van der Waals surface area (Å²) in [5.41, 5.74) is 3.73. The van der Waals surface area contributed by atoms with E-state index in [9.17, 15) is 0 Å². The molecular weight excluding hydrogens is 410 g/mol. The number of unbranched alkanes of at least 4 members (excludes halogenated alkanes) is 3. The third-order valence-electron chi connectivity index (χ3n) is 4.68. The number of hydrogen-bond acceptors (Lipinski definition) is 6. The van der Waals surface area contributed by atoms with Crippen molar-refractivity contribution in [2.75, 3.05) is 24.2 Å². The summed E-state index contributed by atoms with van der Waals surface area (Å²) in [6.07, 6.45) is 8.71. The number of allylic oxidation sites excluding steroid dienone is 2. The standard InChI is InChI=1S/C19H29N5S.BrH/c1-5-6-7-8-9-21-13-10-19(2,3)11-14-16(13)25-18-15(24-14)17(20-4)22-12-23-18;/h12,24H,5-11H2,1-4H3,(H,20,22,23);1H. The van der Waals surface area contributed by atoms with Gasteiger partial charge in [0.15, 0.2) is 5.82 Å². The van der Waals surface area contributed by atoms with Gasteiger partial charge >= 0.3 is 0 Å². The maximum Gasteiger partial charge on any atom is 0.154 e. The third-order valence-corrected chi connectivity index (χ3v) is 5.86. The predicted octanol–water partition coefficient (Wildman–Crippen LogP) is 5.67. The van der Waals surface area contributed by atoms with Gasteiger partial charge in [0.2, 0.25) is 0 Å². The molecule has 26 heavy (non-hydrogen) atoms. The van der Waals surface area contributed by atoms with Crippen LogP contribution >= 0.6 is 28.7 Å². The van der Waals surface area contributed by atoms with Gasteiger partial charge in [-0.15, -0.1) is 17.0 Å². The van der Waals surface area contributed by atoms with Crippen molar-refractivity contribution in [3.8, 4) is 0 Å². The highest BCUT2D eigenvalue weighted by atomic mass is 79.9. The molecule has 144 valence electrons. The van der Waals surface area contributed by atoms with E-state index in [0.717, 1.165) is 35.9 Å². The van der Waals surface area contributed by atoms with Crippen molar-refractivity contribution in [3.63, 3.8) is 0 Å². The molecule has 1 aromatic heterocycles. The minimum Gasteiger partial charge on any atom is -0.371 e. The quantitative estimate of drug-likeness (QED) is 0.441. The van der Waals surface area contributed by atoms with Gasteiger partial charge in [-0.3, -0.25) is 4.99 Å². The number of thioether (sulfide) groups is 1. The lowest BCUT2D eigenvalue weighted by molar-refractivity contribution is 0.373. The largest absolute Gasteiger partial charge is 0.371 e. The van der Waals surface area contributed by atoms with Gasteiger partial charge in [-0.2, -0.15) is 0 Å². The van der Waals surface area contributed by atoms with Gasteiger partial charge in [0.25, 0.3) is 0 Å². The Morgan fingerprint density at radius 2 is 2.04 bits per heavy atom. The van der Waals surface area contributed by atoms with Crippen molar-refractivity contribution in [1.29, 1.82) is 0 Å². The Morgan fingerprint density at radius 1 is 1.23 bits per heavy atom. The van der Waals surface area contributed by atoms with E-state index >= 15 is 0 Å². The topological polar surface area (TPSA) is 62.2 Å². The summed E-state index contributed by atoms with van der Waals surface area (Å²) in [7, 11) is 1.90. The van der Waals surface area contributed by atoms with Gasteiger partial charge in [-0.05, 0) is 24.7 Å². The molecule has 0 saturated heterocycles. The van der Waals surface area contributed by atoms with E-state index in [2.05, 4.69) is 41.4 Å². The van der Waals surface area contributed by atoms with E-state index in [4.69, 9.17) is 4.99 Å². The molecule has 0 saturated carbocycles. The van der Waals surface area contributed by atoms with Gasteiger partial charge in [0.05, 0.1) is 10.6 Å². The second kappa shape index (κ2) is 9.22. The van der Waals surface area contributed by atoms with Gasteiger partial charge < -0.3 is 10.6 Å². The lowest BCUT2D eigenvalue weighted by atomic mass is 9.78. The number of aliphatic imine (C=N–C) groups is 1. The van der Waals surface area contributed by atoms with Crippen molar-refractivity contribution >= 4 is 46.0 Å². The van der Waals surface area contributed by atoms with Crippen LogP contribution in [0.2, 0.25) is 0 Å². The number of anilines is 2. The Labute approximate surface area is 171 Å². The SMILES string of the molecule is Br.CCCCCCN=C1CC(C)(C)CC2=C1Sc1ncnc(NC)c1N2.